The Morgan fingerprint density at radius 1 is 0.971 bits per heavy atom. The van der Waals surface area contributed by atoms with Crippen LogP contribution in [0.5, 0.6) is 0 Å². The van der Waals surface area contributed by atoms with Crippen LogP contribution in [-0.4, -0.2) is 11.8 Å². The van der Waals surface area contributed by atoms with Crippen molar-refractivity contribution in [2.75, 3.05) is 10.6 Å². The third-order valence-corrected chi connectivity index (χ3v) is 6.50. The maximum Gasteiger partial charge on any atom is 0.418 e. The first-order chi connectivity index (χ1) is 16.7. The Bertz CT molecular complexity index is 1170. The van der Waals surface area contributed by atoms with E-state index in [4.69, 9.17) is 11.6 Å². The molecular formula is C26H24ClF3N2O2S. The Hall–Kier alpha value is -2.97. The second-order valence-electron chi connectivity index (χ2n) is 7.77. The third kappa shape index (κ3) is 7.77. The van der Waals surface area contributed by atoms with Crippen molar-refractivity contribution >= 4 is 46.6 Å². The van der Waals surface area contributed by atoms with Crippen molar-refractivity contribution in [1.82, 2.24) is 0 Å². The van der Waals surface area contributed by atoms with Crippen LogP contribution in [0.25, 0.3) is 0 Å². The molecule has 35 heavy (non-hydrogen) atoms. The molecule has 0 aliphatic rings. The topological polar surface area (TPSA) is 58.2 Å². The number of nitrogens with one attached hydrogen (secondary N) is 2. The fraction of sp³-hybridized carbons (Fsp3) is 0.231. The summed E-state index contributed by atoms with van der Waals surface area (Å²) < 4.78 is 40.6. The van der Waals surface area contributed by atoms with Gasteiger partial charge in [0.25, 0.3) is 0 Å². The lowest BCUT2D eigenvalue weighted by Crippen LogP contribution is -2.21. The minimum absolute atomic E-state index is 0.0814. The summed E-state index contributed by atoms with van der Waals surface area (Å²) in [4.78, 5) is 26.0. The van der Waals surface area contributed by atoms with Crippen LogP contribution in [0, 0.1) is 0 Å². The van der Waals surface area contributed by atoms with Gasteiger partial charge in [-0.05, 0) is 48.4 Å². The minimum Gasteiger partial charge on any atom is -0.326 e. The summed E-state index contributed by atoms with van der Waals surface area (Å²) in [7, 11) is 0. The molecule has 0 radical (unpaired) electrons. The van der Waals surface area contributed by atoms with E-state index in [2.05, 4.69) is 10.6 Å². The van der Waals surface area contributed by atoms with Gasteiger partial charge in [0.2, 0.25) is 11.8 Å². The van der Waals surface area contributed by atoms with Crippen molar-refractivity contribution in [3.05, 3.63) is 88.9 Å². The number of hydrogen-bond donors (Lipinski definition) is 2. The molecule has 0 aliphatic heterocycles. The molecule has 3 rings (SSSR count). The molecule has 0 aromatic heterocycles. The number of alkyl halides is 3. The highest BCUT2D eigenvalue weighted by Crippen LogP contribution is 2.40. The maximum absolute atomic E-state index is 13.5. The van der Waals surface area contributed by atoms with Crippen molar-refractivity contribution in [3.8, 4) is 0 Å². The van der Waals surface area contributed by atoms with Crippen LogP contribution in [0.15, 0.2) is 77.7 Å². The van der Waals surface area contributed by atoms with Gasteiger partial charge in [-0.3, -0.25) is 9.59 Å². The Morgan fingerprint density at radius 2 is 1.71 bits per heavy atom. The van der Waals surface area contributed by atoms with Crippen LogP contribution in [0.3, 0.4) is 0 Å². The van der Waals surface area contributed by atoms with Crippen LogP contribution >= 0.6 is 23.4 Å². The largest absolute Gasteiger partial charge is 0.418 e. The molecule has 0 bridgehead atoms. The zero-order valence-electron chi connectivity index (χ0n) is 18.9. The third-order valence-electron chi connectivity index (χ3n) is 5.01. The van der Waals surface area contributed by atoms with E-state index in [0.717, 1.165) is 25.0 Å². The quantitative estimate of drug-likeness (QED) is 0.281. The van der Waals surface area contributed by atoms with Gasteiger partial charge in [-0.1, -0.05) is 61.3 Å². The first-order valence-electron chi connectivity index (χ1n) is 11.0. The van der Waals surface area contributed by atoms with Crippen LogP contribution in [0.4, 0.5) is 24.5 Å². The molecule has 0 aliphatic carbocycles. The summed E-state index contributed by atoms with van der Waals surface area (Å²) in [6, 6.07) is 19.0. The summed E-state index contributed by atoms with van der Waals surface area (Å²) >= 11 is 6.93. The molecule has 2 N–H and O–H groups in total. The van der Waals surface area contributed by atoms with Gasteiger partial charge < -0.3 is 10.6 Å². The predicted octanol–water partition coefficient (Wildman–Crippen LogP) is 7.96. The molecule has 3 aromatic carbocycles. The van der Waals surface area contributed by atoms with E-state index in [1.54, 1.807) is 54.6 Å². The van der Waals surface area contributed by atoms with E-state index >= 15 is 0 Å². The highest BCUT2D eigenvalue weighted by atomic mass is 35.5. The van der Waals surface area contributed by atoms with Gasteiger partial charge in [0.15, 0.2) is 0 Å². The number of rotatable bonds is 9. The van der Waals surface area contributed by atoms with E-state index in [0.29, 0.717) is 22.6 Å². The predicted molar refractivity (Wildman–Crippen MR) is 135 cm³/mol. The number of thioether (sulfide) groups is 1. The number of anilines is 2. The molecule has 1 atom stereocenters. The standard InChI is InChI=1S/C26H24ClF3N2O2S/c1-2-3-12-23(33)31-19-10-7-11-20(16-19)35-24(17-8-5-4-6-9-17)25(34)32-22-14-13-18(27)15-21(22)26(28,29)30/h4-11,13-16,24H,2-3,12H2,1H3,(H,31,33)(H,32,34). The number of unbranched alkanes of at least 4 members (excludes halogenated alkanes) is 1. The average Bonchev–Trinajstić information content (AvgIpc) is 2.82. The zero-order valence-corrected chi connectivity index (χ0v) is 20.4. The molecule has 1 unspecified atom stereocenters. The Labute approximate surface area is 211 Å². The maximum atomic E-state index is 13.5. The molecule has 9 heteroatoms. The fourth-order valence-electron chi connectivity index (χ4n) is 3.30. The summed E-state index contributed by atoms with van der Waals surface area (Å²) in [6.07, 6.45) is -2.60. The van der Waals surface area contributed by atoms with Crippen molar-refractivity contribution in [1.29, 1.82) is 0 Å². The Kier molecular flexibility index (Phi) is 9.23. The summed E-state index contributed by atoms with van der Waals surface area (Å²) in [6.45, 7) is 2.00. The molecule has 0 saturated carbocycles. The first kappa shape index (κ1) is 26.6. The van der Waals surface area contributed by atoms with E-state index in [1.165, 1.54) is 17.8 Å². The van der Waals surface area contributed by atoms with E-state index in [9.17, 15) is 22.8 Å². The highest BCUT2D eigenvalue weighted by molar-refractivity contribution is 8.00. The number of hydrogen-bond acceptors (Lipinski definition) is 3. The van der Waals surface area contributed by atoms with Gasteiger partial charge >= 0.3 is 6.18 Å². The van der Waals surface area contributed by atoms with Gasteiger partial charge in [0.05, 0.1) is 11.3 Å². The highest BCUT2D eigenvalue weighted by Gasteiger charge is 2.35. The lowest BCUT2D eigenvalue weighted by molar-refractivity contribution is -0.137. The number of amides is 2. The number of carbonyl (C=O) groups is 2. The van der Waals surface area contributed by atoms with Gasteiger partial charge in [-0.25, -0.2) is 0 Å². The van der Waals surface area contributed by atoms with E-state index < -0.39 is 22.9 Å². The zero-order chi connectivity index (χ0) is 25.4. The molecular weight excluding hydrogens is 497 g/mol. The molecule has 2 amide bonds. The van der Waals surface area contributed by atoms with Crippen molar-refractivity contribution < 1.29 is 22.8 Å². The summed E-state index contributed by atoms with van der Waals surface area (Å²) in [5, 5.41) is 4.33. The fourth-order valence-corrected chi connectivity index (χ4v) is 4.56. The molecule has 0 fully saturated rings. The lowest BCUT2D eigenvalue weighted by atomic mass is 10.1. The second-order valence-corrected chi connectivity index (χ2v) is 9.38. The van der Waals surface area contributed by atoms with Gasteiger partial charge in [-0.2, -0.15) is 13.2 Å². The number of benzene rings is 3. The molecule has 0 spiro atoms. The smallest absolute Gasteiger partial charge is 0.326 e. The molecule has 184 valence electrons. The summed E-state index contributed by atoms with van der Waals surface area (Å²) in [5.74, 6) is -0.722. The molecule has 3 aromatic rings. The molecule has 4 nitrogen and oxygen atoms in total. The van der Waals surface area contributed by atoms with Crippen LogP contribution in [-0.2, 0) is 15.8 Å². The van der Waals surface area contributed by atoms with E-state index in [1.807, 2.05) is 6.92 Å². The van der Waals surface area contributed by atoms with Crippen LogP contribution in [0.1, 0.15) is 42.6 Å². The second kappa shape index (κ2) is 12.1. The SMILES string of the molecule is CCCCC(=O)Nc1cccc(SC(C(=O)Nc2ccc(Cl)cc2C(F)(F)F)c2ccccc2)c1. The van der Waals surface area contributed by atoms with Crippen molar-refractivity contribution in [2.45, 2.75) is 42.5 Å². The van der Waals surface area contributed by atoms with E-state index in [-0.39, 0.29) is 16.6 Å². The summed E-state index contributed by atoms with van der Waals surface area (Å²) in [5.41, 5.74) is -0.187. The number of carbonyl (C=O) groups excluding carboxylic acids is 2. The normalized spacial score (nSPS) is 12.1. The van der Waals surface area contributed by atoms with Crippen LogP contribution < -0.4 is 10.6 Å². The average molecular weight is 521 g/mol. The van der Waals surface area contributed by atoms with Gasteiger partial charge in [0, 0.05) is 22.0 Å². The minimum atomic E-state index is -4.69. The van der Waals surface area contributed by atoms with Gasteiger partial charge in [0.1, 0.15) is 5.25 Å². The van der Waals surface area contributed by atoms with Crippen LogP contribution in [0.2, 0.25) is 5.02 Å². The molecule has 0 saturated heterocycles. The lowest BCUT2D eigenvalue weighted by Gasteiger charge is -2.20. The monoisotopic (exact) mass is 520 g/mol. The van der Waals surface area contributed by atoms with Crippen molar-refractivity contribution in [3.63, 3.8) is 0 Å². The van der Waals surface area contributed by atoms with Gasteiger partial charge in [-0.15, -0.1) is 11.8 Å². The Morgan fingerprint density at radius 3 is 2.40 bits per heavy atom. The Balaban J connectivity index is 1.86. The first-order valence-corrected chi connectivity index (χ1v) is 12.2. The number of halogens is 4. The van der Waals surface area contributed by atoms with Crippen molar-refractivity contribution in [2.24, 2.45) is 0 Å². The molecule has 0 heterocycles.